The Kier molecular flexibility index (Phi) is 15.5. The molecule has 4 heteroatoms. The van der Waals surface area contributed by atoms with Gasteiger partial charge in [-0.25, -0.2) is 0 Å². The number of hydrogen-bond acceptors (Lipinski definition) is 0. The van der Waals surface area contributed by atoms with Gasteiger partial charge in [-0.2, -0.15) is 12.1 Å². The summed E-state index contributed by atoms with van der Waals surface area (Å²) in [6.45, 7) is 15.4. The molecule has 0 aliphatic heterocycles. The van der Waals surface area contributed by atoms with E-state index in [4.69, 9.17) is 17.0 Å². The molecule has 0 N–H and O–H groups in total. The van der Waals surface area contributed by atoms with E-state index in [9.17, 15) is 0 Å². The Bertz CT molecular complexity index is 1820. The predicted molar refractivity (Wildman–Crippen MR) is 213 cm³/mol. The van der Waals surface area contributed by atoms with E-state index in [0.717, 1.165) is 15.4 Å². The summed E-state index contributed by atoms with van der Waals surface area (Å²) >= 11 is -0.826. The van der Waals surface area contributed by atoms with Crippen molar-refractivity contribution in [2.75, 3.05) is 0 Å². The summed E-state index contributed by atoms with van der Waals surface area (Å²) in [4.78, 5) is 0. The van der Waals surface area contributed by atoms with E-state index in [2.05, 4.69) is 157 Å². The van der Waals surface area contributed by atoms with Crippen LogP contribution >= 0.6 is 17.0 Å². The van der Waals surface area contributed by atoms with E-state index in [1.54, 1.807) is 5.56 Å². The van der Waals surface area contributed by atoms with Gasteiger partial charge >= 0.3 is 37.9 Å². The van der Waals surface area contributed by atoms with Crippen LogP contribution in [0.5, 0.6) is 0 Å². The van der Waals surface area contributed by atoms with E-state index in [1.165, 1.54) is 86.2 Å². The quantitative estimate of drug-likeness (QED) is 0.121. The first kappa shape index (κ1) is 38.6. The fraction of sp³-hybridized carbons (Fsp3) is 0.318. The minimum absolute atomic E-state index is 0.589. The van der Waals surface area contributed by atoms with Crippen molar-refractivity contribution in [1.29, 1.82) is 0 Å². The second-order valence-corrected chi connectivity index (χ2v) is 18.3. The number of fused-ring (bicyclic) bond motifs is 2. The van der Waals surface area contributed by atoms with Crippen LogP contribution in [0.4, 0.5) is 0 Å². The van der Waals surface area contributed by atoms with Crippen LogP contribution in [-0.2, 0) is 20.8 Å². The average Bonchev–Trinajstić information content (AvgIpc) is 3.85. The first-order valence-electron chi connectivity index (χ1n) is 17.3. The van der Waals surface area contributed by atoms with Gasteiger partial charge in [-0.05, 0) is 52.8 Å². The van der Waals surface area contributed by atoms with Gasteiger partial charge in [0.05, 0.1) is 0 Å². The number of rotatable bonds is 5. The van der Waals surface area contributed by atoms with Crippen LogP contribution in [0.3, 0.4) is 0 Å². The molecule has 1 saturated carbocycles. The Labute approximate surface area is 311 Å². The minimum atomic E-state index is -0.826. The fourth-order valence-electron chi connectivity index (χ4n) is 6.74. The van der Waals surface area contributed by atoms with E-state index < -0.39 is 20.8 Å². The molecule has 1 aliphatic rings. The molecule has 0 saturated heterocycles. The second-order valence-electron chi connectivity index (χ2n) is 13.5. The van der Waals surface area contributed by atoms with Crippen LogP contribution in [0.15, 0.2) is 109 Å². The second kappa shape index (κ2) is 19.2. The summed E-state index contributed by atoms with van der Waals surface area (Å²) in [6.07, 6.45) is 5.54. The number of aryl methyl sites for hydroxylation is 1. The zero-order valence-electron chi connectivity index (χ0n) is 29.7. The normalized spacial score (nSPS) is 12.6. The van der Waals surface area contributed by atoms with Crippen LogP contribution in [0, 0.1) is 6.92 Å². The van der Waals surface area contributed by atoms with Crippen LogP contribution < -0.4 is 0 Å². The Hall–Kier alpha value is -2.22. The van der Waals surface area contributed by atoms with E-state index in [1.807, 2.05) is 0 Å². The van der Waals surface area contributed by atoms with Crippen molar-refractivity contribution < 1.29 is 20.8 Å². The Morgan fingerprint density at radius 3 is 1.50 bits per heavy atom. The summed E-state index contributed by atoms with van der Waals surface area (Å²) in [5.41, 5.74) is 11.1. The topological polar surface area (TPSA) is 0 Å². The standard InChI is InChI=1S/C23H25.C19H19.C2H6Si.2ClH.Zr/c1-16(2)17-10-12-19(13-11-17)22-9-5-8-20-14-21(15-23(20)22)18-6-3-4-7-18;1-13(2)15-7-9-16(10-8-15)18-6-4-5-17-11-14(3)12-19(17)18;1-3-2;;;/h5,8-16,18H,3-4,6-7H2,1-2H3;4-13H,1-3H3;1-2H3;2*1H;/q2*-1;;;;+4/p-2. The summed E-state index contributed by atoms with van der Waals surface area (Å²) in [5.74, 6) is 1.97. The number of benzene rings is 4. The Morgan fingerprint density at radius 2 is 1.06 bits per heavy atom. The molecule has 2 radical (unpaired) electrons. The van der Waals surface area contributed by atoms with E-state index >= 15 is 0 Å². The molecular formula is C44H50Cl2SiZr. The molecule has 6 aromatic carbocycles. The maximum absolute atomic E-state index is 4.93. The third-order valence-electron chi connectivity index (χ3n) is 9.27. The molecule has 1 fully saturated rings. The predicted octanol–water partition coefficient (Wildman–Crippen LogP) is 14.8. The molecule has 1 aliphatic carbocycles. The van der Waals surface area contributed by atoms with Crippen molar-refractivity contribution in [3.63, 3.8) is 0 Å². The van der Waals surface area contributed by atoms with E-state index in [0.29, 0.717) is 11.8 Å². The van der Waals surface area contributed by atoms with Gasteiger partial charge in [0.15, 0.2) is 0 Å². The molecular weight excluding hydrogens is 719 g/mol. The van der Waals surface area contributed by atoms with Gasteiger partial charge < -0.3 is 0 Å². The van der Waals surface area contributed by atoms with Crippen molar-refractivity contribution in [1.82, 2.24) is 0 Å². The first-order chi connectivity index (χ1) is 23.2. The van der Waals surface area contributed by atoms with Crippen LogP contribution in [0.25, 0.3) is 43.8 Å². The molecule has 7 rings (SSSR count). The molecule has 0 aromatic heterocycles. The van der Waals surface area contributed by atoms with Crippen molar-refractivity contribution in [3.8, 4) is 22.3 Å². The maximum atomic E-state index is 4.93. The molecule has 0 nitrogen and oxygen atoms in total. The van der Waals surface area contributed by atoms with Crippen molar-refractivity contribution in [3.05, 3.63) is 131 Å². The van der Waals surface area contributed by atoms with Gasteiger partial charge in [-0.1, -0.05) is 132 Å². The van der Waals surface area contributed by atoms with Gasteiger partial charge in [-0.3, -0.25) is 0 Å². The third kappa shape index (κ3) is 10.2. The molecule has 248 valence electrons. The van der Waals surface area contributed by atoms with Crippen molar-refractivity contribution in [2.24, 2.45) is 0 Å². The zero-order chi connectivity index (χ0) is 34.6. The first-order valence-corrected chi connectivity index (χ1v) is 25.6. The van der Waals surface area contributed by atoms with Gasteiger partial charge in [0, 0.05) is 9.52 Å². The summed E-state index contributed by atoms with van der Waals surface area (Å²) in [5, 5.41) is 5.52. The number of hydrogen-bond donors (Lipinski definition) is 0. The molecule has 0 amide bonds. The number of halogens is 2. The SMILES string of the molecule is CC(C)c1ccc(-c2cccc3[cH-]c(C4CCCC4)cc23)cc1.C[Si]C.Cc1cc2c(-c3ccc(C(C)C)cc3)cccc2[cH-]1.[Cl][Zr+2][Cl]. The third-order valence-corrected chi connectivity index (χ3v) is 9.27. The van der Waals surface area contributed by atoms with Crippen LogP contribution in [-0.4, -0.2) is 9.52 Å². The fourth-order valence-corrected chi connectivity index (χ4v) is 6.74. The van der Waals surface area contributed by atoms with Crippen LogP contribution in [0.1, 0.15) is 93.4 Å². The summed E-state index contributed by atoms with van der Waals surface area (Å²) < 4.78 is 0. The van der Waals surface area contributed by atoms with Crippen molar-refractivity contribution >= 4 is 48.1 Å². The summed E-state index contributed by atoms with van der Waals surface area (Å²) in [6, 6.07) is 40.8. The molecule has 0 unspecified atom stereocenters. The van der Waals surface area contributed by atoms with Gasteiger partial charge in [0.1, 0.15) is 0 Å². The zero-order valence-corrected chi connectivity index (χ0v) is 34.7. The van der Waals surface area contributed by atoms with Gasteiger partial charge in [0.25, 0.3) is 0 Å². The van der Waals surface area contributed by atoms with Crippen LogP contribution in [0.2, 0.25) is 13.1 Å². The molecule has 0 heterocycles. The van der Waals surface area contributed by atoms with Gasteiger partial charge in [0.2, 0.25) is 0 Å². The van der Waals surface area contributed by atoms with Crippen molar-refractivity contribution in [2.45, 2.75) is 91.1 Å². The molecule has 48 heavy (non-hydrogen) atoms. The monoisotopic (exact) mass is 766 g/mol. The van der Waals surface area contributed by atoms with E-state index in [-0.39, 0.29) is 0 Å². The molecule has 0 spiro atoms. The molecule has 0 bridgehead atoms. The Balaban J connectivity index is 0.000000189. The Morgan fingerprint density at radius 1 is 0.646 bits per heavy atom. The average molecular weight is 769 g/mol. The van der Waals surface area contributed by atoms with Gasteiger partial charge in [-0.15, -0.1) is 69.1 Å². The molecule has 0 atom stereocenters. The molecule has 6 aromatic rings. The summed E-state index contributed by atoms with van der Waals surface area (Å²) in [7, 11) is 11.0.